The lowest BCUT2D eigenvalue weighted by atomic mass is 9.95. The van der Waals surface area contributed by atoms with Crippen LogP contribution in [0.3, 0.4) is 0 Å². The molecule has 2 amide bonds. The topological polar surface area (TPSA) is 71.3 Å². The number of allylic oxidation sites excluding steroid dienone is 1. The van der Waals surface area contributed by atoms with Gasteiger partial charge < -0.3 is 9.84 Å². The van der Waals surface area contributed by atoms with E-state index in [1.54, 1.807) is 16.7 Å². The van der Waals surface area contributed by atoms with E-state index >= 15 is 0 Å². The summed E-state index contributed by atoms with van der Waals surface area (Å²) in [6.45, 7) is 6.46. The number of benzene rings is 2. The van der Waals surface area contributed by atoms with Crippen molar-refractivity contribution >= 4 is 23.4 Å². The Kier molecular flexibility index (Phi) is 5.63. The number of hydrogen-bond acceptors (Lipinski definition) is 5. The van der Waals surface area contributed by atoms with E-state index < -0.39 is 0 Å². The monoisotopic (exact) mass is 420 g/mol. The van der Waals surface area contributed by atoms with Crippen molar-refractivity contribution in [3.05, 3.63) is 71.2 Å². The Morgan fingerprint density at radius 2 is 1.93 bits per heavy atom. The SMILES string of the molecule is CCN1C(=O)NC(c2ccc(SC)cc2)C(c2nc(-c3cccc(C)c3)no2)=C1C. The lowest BCUT2D eigenvalue weighted by molar-refractivity contribution is 0.207. The summed E-state index contributed by atoms with van der Waals surface area (Å²) < 4.78 is 5.69. The molecule has 0 aliphatic carbocycles. The normalized spacial score (nSPS) is 16.7. The summed E-state index contributed by atoms with van der Waals surface area (Å²) in [5.74, 6) is 0.951. The van der Waals surface area contributed by atoms with Gasteiger partial charge in [-0.1, -0.05) is 41.1 Å². The van der Waals surface area contributed by atoms with Gasteiger partial charge in [0.25, 0.3) is 5.89 Å². The zero-order valence-corrected chi connectivity index (χ0v) is 18.3. The summed E-state index contributed by atoms with van der Waals surface area (Å²) >= 11 is 1.68. The van der Waals surface area contributed by atoms with Gasteiger partial charge in [-0.25, -0.2) is 4.79 Å². The molecule has 7 heteroatoms. The van der Waals surface area contributed by atoms with Gasteiger partial charge >= 0.3 is 6.03 Å². The highest BCUT2D eigenvalue weighted by molar-refractivity contribution is 7.98. The van der Waals surface area contributed by atoms with E-state index in [9.17, 15) is 4.79 Å². The van der Waals surface area contributed by atoms with E-state index in [0.717, 1.165) is 32.9 Å². The van der Waals surface area contributed by atoms with Gasteiger partial charge in [-0.3, -0.25) is 4.90 Å². The second-order valence-corrected chi connectivity index (χ2v) is 8.07. The summed E-state index contributed by atoms with van der Waals surface area (Å²) in [7, 11) is 0. The van der Waals surface area contributed by atoms with Crippen LogP contribution in [0, 0.1) is 6.92 Å². The smallest absolute Gasteiger partial charge is 0.322 e. The fourth-order valence-corrected chi connectivity index (χ4v) is 4.13. The van der Waals surface area contributed by atoms with Crippen LogP contribution in [0.15, 0.2) is 63.6 Å². The van der Waals surface area contributed by atoms with Crippen molar-refractivity contribution in [3.63, 3.8) is 0 Å². The van der Waals surface area contributed by atoms with Crippen molar-refractivity contribution in [1.29, 1.82) is 0 Å². The van der Waals surface area contributed by atoms with Gasteiger partial charge in [0, 0.05) is 22.7 Å². The summed E-state index contributed by atoms with van der Waals surface area (Å²) in [5, 5.41) is 7.31. The predicted octanol–water partition coefficient (Wildman–Crippen LogP) is 5.28. The molecule has 0 saturated carbocycles. The maximum atomic E-state index is 12.7. The summed E-state index contributed by atoms with van der Waals surface area (Å²) in [5.41, 5.74) is 4.64. The van der Waals surface area contributed by atoms with Crippen molar-refractivity contribution in [2.75, 3.05) is 12.8 Å². The fourth-order valence-electron chi connectivity index (χ4n) is 3.72. The van der Waals surface area contributed by atoms with Gasteiger partial charge in [0.1, 0.15) is 0 Å². The van der Waals surface area contributed by atoms with Gasteiger partial charge in [-0.15, -0.1) is 11.8 Å². The largest absolute Gasteiger partial charge is 0.334 e. The Bertz CT molecular complexity index is 1100. The number of hydrogen-bond donors (Lipinski definition) is 1. The third-order valence-corrected chi connectivity index (χ3v) is 6.04. The maximum absolute atomic E-state index is 12.7. The van der Waals surface area contributed by atoms with E-state index in [2.05, 4.69) is 27.6 Å². The Morgan fingerprint density at radius 1 is 1.17 bits per heavy atom. The molecule has 154 valence electrons. The minimum atomic E-state index is -0.359. The molecule has 0 fully saturated rings. The first-order valence-corrected chi connectivity index (χ1v) is 11.1. The van der Waals surface area contributed by atoms with Crippen LogP contribution in [0.25, 0.3) is 17.0 Å². The van der Waals surface area contributed by atoms with Crippen LogP contribution < -0.4 is 5.32 Å². The first-order valence-electron chi connectivity index (χ1n) is 9.85. The number of thioether (sulfide) groups is 1. The van der Waals surface area contributed by atoms with E-state index in [1.807, 2.05) is 63.4 Å². The number of urea groups is 1. The van der Waals surface area contributed by atoms with Crippen molar-refractivity contribution in [2.45, 2.75) is 31.7 Å². The van der Waals surface area contributed by atoms with Crippen LogP contribution in [0.2, 0.25) is 0 Å². The van der Waals surface area contributed by atoms with Crippen molar-refractivity contribution in [2.24, 2.45) is 0 Å². The van der Waals surface area contributed by atoms with Crippen molar-refractivity contribution in [3.8, 4) is 11.4 Å². The third-order valence-electron chi connectivity index (χ3n) is 5.29. The van der Waals surface area contributed by atoms with Crippen molar-refractivity contribution in [1.82, 2.24) is 20.4 Å². The van der Waals surface area contributed by atoms with E-state index in [4.69, 9.17) is 4.52 Å². The average molecular weight is 421 g/mol. The van der Waals surface area contributed by atoms with E-state index in [-0.39, 0.29) is 12.1 Å². The molecule has 4 rings (SSSR count). The van der Waals surface area contributed by atoms with Gasteiger partial charge in [-0.2, -0.15) is 4.98 Å². The fraction of sp³-hybridized carbons (Fsp3) is 0.261. The molecular formula is C23H24N4O2S. The number of carbonyl (C=O) groups excluding carboxylic acids is 1. The average Bonchev–Trinajstić information content (AvgIpc) is 3.23. The van der Waals surface area contributed by atoms with Gasteiger partial charge in [-0.05, 0) is 50.8 Å². The molecule has 1 aromatic heterocycles. The molecule has 1 unspecified atom stereocenters. The number of amides is 2. The quantitative estimate of drug-likeness (QED) is 0.568. The molecule has 0 bridgehead atoms. The summed E-state index contributed by atoms with van der Waals surface area (Å²) in [4.78, 5) is 20.2. The Morgan fingerprint density at radius 3 is 2.60 bits per heavy atom. The molecule has 1 aliphatic rings. The van der Waals surface area contributed by atoms with Crippen LogP contribution in [0.4, 0.5) is 4.79 Å². The molecule has 2 aromatic carbocycles. The molecule has 0 radical (unpaired) electrons. The predicted molar refractivity (Wildman–Crippen MR) is 119 cm³/mol. The number of aromatic nitrogens is 2. The standard InChI is InChI=1S/C23H24N4O2S/c1-5-27-15(3)19(20(24-23(27)28)16-9-11-18(30-4)12-10-16)22-25-21(26-29-22)17-8-6-7-14(2)13-17/h6-13,20H,5H2,1-4H3,(H,24,28). The molecule has 30 heavy (non-hydrogen) atoms. The van der Waals surface area contributed by atoms with Crippen LogP contribution in [0.5, 0.6) is 0 Å². The molecule has 1 N–H and O–H groups in total. The summed E-state index contributed by atoms with van der Waals surface area (Å²) in [6.07, 6.45) is 2.04. The van der Waals surface area contributed by atoms with Gasteiger partial charge in [0.05, 0.1) is 11.6 Å². The summed E-state index contributed by atoms with van der Waals surface area (Å²) in [6, 6.07) is 15.7. The highest BCUT2D eigenvalue weighted by atomic mass is 32.2. The maximum Gasteiger partial charge on any atom is 0.322 e. The number of nitrogens with one attached hydrogen (secondary N) is 1. The van der Waals surface area contributed by atoms with E-state index in [1.165, 1.54) is 0 Å². The van der Waals surface area contributed by atoms with Crippen LogP contribution in [-0.2, 0) is 0 Å². The van der Waals surface area contributed by atoms with Crippen LogP contribution in [-0.4, -0.2) is 33.9 Å². The Balaban J connectivity index is 1.80. The molecular weight excluding hydrogens is 396 g/mol. The molecule has 1 atom stereocenters. The first kappa shape index (κ1) is 20.2. The first-order chi connectivity index (χ1) is 14.5. The molecule has 0 saturated heterocycles. The van der Waals surface area contributed by atoms with Crippen molar-refractivity contribution < 1.29 is 9.32 Å². The lowest BCUT2D eigenvalue weighted by Crippen LogP contribution is -2.45. The highest BCUT2D eigenvalue weighted by Crippen LogP contribution is 2.37. The van der Waals surface area contributed by atoms with Gasteiger partial charge in [0.15, 0.2) is 0 Å². The minimum absolute atomic E-state index is 0.129. The number of aryl methyl sites for hydroxylation is 1. The zero-order chi connectivity index (χ0) is 21.3. The Hall–Kier alpha value is -3.06. The molecule has 0 spiro atoms. The minimum Gasteiger partial charge on any atom is -0.334 e. The molecule has 1 aliphatic heterocycles. The molecule has 3 aromatic rings. The second-order valence-electron chi connectivity index (χ2n) is 7.19. The van der Waals surface area contributed by atoms with Crippen LogP contribution in [0.1, 0.15) is 36.9 Å². The molecule has 6 nitrogen and oxygen atoms in total. The number of carbonyl (C=O) groups is 1. The lowest BCUT2D eigenvalue weighted by Gasteiger charge is -2.34. The second kappa shape index (κ2) is 8.36. The van der Waals surface area contributed by atoms with Crippen LogP contribution >= 0.6 is 11.8 Å². The Labute approximate surface area is 180 Å². The number of rotatable bonds is 5. The third kappa shape index (κ3) is 3.73. The highest BCUT2D eigenvalue weighted by Gasteiger charge is 2.35. The van der Waals surface area contributed by atoms with Gasteiger partial charge in [0.2, 0.25) is 5.82 Å². The van der Waals surface area contributed by atoms with E-state index in [0.29, 0.717) is 18.3 Å². The zero-order valence-electron chi connectivity index (χ0n) is 17.5. The number of nitrogens with zero attached hydrogens (tertiary/aromatic N) is 3. The molecule has 2 heterocycles.